The maximum atomic E-state index is 12.0. The van der Waals surface area contributed by atoms with Crippen molar-refractivity contribution in [3.8, 4) is 0 Å². The van der Waals surface area contributed by atoms with E-state index in [2.05, 4.69) is 25.6 Å². The highest BCUT2D eigenvalue weighted by Crippen LogP contribution is 2.25. The highest BCUT2D eigenvalue weighted by molar-refractivity contribution is 7.17. The van der Waals surface area contributed by atoms with Gasteiger partial charge in [-0.1, -0.05) is 6.07 Å². The molecule has 1 fully saturated rings. The molecule has 0 radical (unpaired) electrons. The molecule has 0 spiro atoms. The highest BCUT2D eigenvalue weighted by atomic mass is 32.1. The van der Waals surface area contributed by atoms with Gasteiger partial charge in [0.25, 0.3) is 5.91 Å². The molecule has 0 aliphatic carbocycles. The molecule has 0 bridgehead atoms. The van der Waals surface area contributed by atoms with Crippen molar-refractivity contribution in [2.75, 3.05) is 25.5 Å². The van der Waals surface area contributed by atoms with Crippen LogP contribution in [0.5, 0.6) is 0 Å². The number of rotatable bonds is 4. The predicted octanol–water partition coefficient (Wildman–Crippen LogP) is 4.64. The Hall–Kier alpha value is -3.27. The Morgan fingerprint density at radius 1 is 1.15 bits per heavy atom. The first-order valence-corrected chi connectivity index (χ1v) is 12.2. The molecule has 1 aliphatic heterocycles. The van der Waals surface area contributed by atoms with Gasteiger partial charge in [0, 0.05) is 26.3 Å². The number of hydrogen-bond acceptors (Lipinski definition) is 8. The minimum absolute atomic E-state index is 0.0603. The molecular formula is C24H32N6O3S. The number of likely N-dealkylation sites (tertiary alicyclic amines) is 1. The van der Waals surface area contributed by atoms with Gasteiger partial charge in [0.1, 0.15) is 5.60 Å². The molecule has 4 rings (SSSR count). The Bertz CT molecular complexity index is 1110. The molecule has 0 saturated carbocycles. The van der Waals surface area contributed by atoms with E-state index in [1.54, 1.807) is 18.1 Å². The monoisotopic (exact) mass is 484 g/mol. The Kier molecular flexibility index (Phi) is 8.38. The molecule has 3 aromatic heterocycles. The molecule has 2 amide bonds. The lowest BCUT2D eigenvalue weighted by Crippen LogP contribution is -2.34. The van der Waals surface area contributed by atoms with E-state index in [0.717, 1.165) is 41.8 Å². The predicted molar refractivity (Wildman–Crippen MR) is 134 cm³/mol. The van der Waals surface area contributed by atoms with Crippen molar-refractivity contribution in [1.82, 2.24) is 25.2 Å². The smallest absolute Gasteiger partial charge is 0.410 e. The van der Waals surface area contributed by atoms with Crippen molar-refractivity contribution in [1.29, 1.82) is 0 Å². The summed E-state index contributed by atoms with van der Waals surface area (Å²) in [5.41, 5.74) is 1.67. The van der Waals surface area contributed by atoms with E-state index in [4.69, 9.17) is 4.74 Å². The normalized spacial score (nSPS) is 14.2. The topological polar surface area (TPSA) is 109 Å². The van der Waals surface area contributed by atoms with E-state index in [9.17, 15) is 9.59 Å². The van der Waals surface area contributed by atoms with E-state index < -0.39 is 0 Å². The van der Waals surface area contributed by atoms with Gasteiger partial charge in [0.15, 0.2) is 5.69 Å². The van der Waals surface area contributed by atoms with Gasteiger partial charge in [-0.05, 0) is 64.1 Å². The number of carbonyl (C=O) groups is 2. The van der Waals surface area contributed by atoms with Crippen LogP contribution in [0.3, 0.4) is 0 Å². The number of aromatic nitrogens is 3. The zero-order valence-electron chi connectivity index (χ0n) is 20.3. The molecule has 0 aromatic carbocycles. The number of ether oxygens (including phenoxy) is 1. The summed E-state index contributed by atoms with van der Waals surface area (Å²) in [5, 5.41) is 7.71. The van der Waals surface area contributed by atoms with E-state index in [-0.39, 0.29) is 23.6 Å². The summed E-state index contributed by atoms with van der Waals surface area (Å²) in [4.78, 5) is 38.3. The van der Waals surface area contributed by atoms with Crippen LogP contribution in [0.1, 0.15) is 62.8 Å². The summed E-state index contributed by atoms with van der Waals surface area (Å²) in [6.45, 7) is 9.36. The maximum Gasteiger partial charge on any atom is 0.410 e. The van der Waals surface area contributed by atoms with Gasteiger partial charge >= 0.3 is 6.09 Å². The lowest BCUT2D eigenvalue weighted by molar-refractivity contribution is 0.0295. The lowest BCUT2D eigenvalue weighted by atomic mass is 10.2. The number of nitrogens with zero attached hydrogens (tertiary/aromatic N) is 4. The minimum atomic E-state index is -0.361. The SMILES string of the molecule is CC(C)(C)OC(=O)N1CCCC1.CNC(=O)c1nc(NC(C)c2ccccn2)nc2ccsc12. The number of fused-ring (bicyclic) bond motifs is 1. The fraction of sp³-hybridized carbons (Fsp3) is 0.458. The van der Waals surface area contributed by atoms with Crippen molar-refractivity contribution < 1.29 is 14.3 Å². The Morgan fingerprint density at radius 2 is 1.88 bits per heavy atom. The van der Waals surface area contributed by atoms with Crippen molar-refractivity contribution in [3.63, 3.8) is 0 Å². The second kappa shape index (κ2) is 11.2. The third kappa shape index (κ3) is 6.86. The van der Waals surface area contributed by atoms with E-state index in [1.165, 1.54) is 11.3 Å². The van der Waals surface area contributed by atoms with E-state index in [1.807, 2.05) is 57.3 Å². The number of anilines is 1. The van der Waals surface area contributed by atoms with Crippen LogP contribution < -0.4 is 10.6 Å². The van der Waals surface area contributed by atoms with Gasteiger partial charge in [-0.15, -0.1) is 11.3 Å². The van der Waals surface area contributed by atoms with Crippen LogP contribution in [-0.4, -0.2) is 57.6 Å². The van der Waals surface area contributed by atoms with Crippen molar-refractivity contribution >= 4 is 39.5 Å². The van der Waals surface area contributed by atoms with Crippen LogP contribution in [-0.2, 0) is 4.74 Å². The summed E-state index contributed by atoms with van der Waals surface area (Å²) in [5.74, 6) is 0.200. The van der Waals surface area contributed by atoms with Crippen molar-refractivity contribution in [3.05, 3.63) is 47.2 Å². The third-order valence-electron chi connectivity index (χ3n) is 4.98. The molecular weight excluding hydrogens is 452 g/mol. The zero-order valence-corrected chi connectivity index (χ0v) is 21.1. The second-order valence-electron chi connectivity index (χ2n) is 8.91. The lowest BCUT2D eigenvalue weighted by Gasteiger charge is -2.23. The largest absolute Gasteiger partial charge is 0.444 e. The van der Waals surface area contributed by atoms with Gasteiger partial charge in [-0.3, -0.25) is 9.78 Å². The molecule has 3 aromatic rings. The Labute approximate surface area is 204 Å². The Balaban J connectivity index is 0.000000229. The number of pyridine rings is 1. The molecule has 10 heteroatoms. The average Bonchev–Trinajstić information content (AvgIpc) is 3.50. The molecule has 9 nitrogen and oxygen atoms in total. The van der Waals surface area contributed by atoms with Gasteiger partial charge < -0.3 is 20.3 Å². The van der Waals surface area contributed by atoms with Crippen molar-refractivity contribution in [2.24, 2.45) is 0 Å². The van der Waals surface area contributed by atoms with Crippen LogP contribution in [0, 0.1) is 0 Å². The van der Waals surface area contributed by atoms with Gasteiger partial charge in [-0.25, -0.2) is 14.8 Å². The maximum absolute atomic E-state index is 12.0. The molecule has 1 atom stereocenters. The van der Waals surface area contributed by atoms with Gasteiger partial charge in [-0.2, -0.15) is 0 Å². The third-order valence-corrected chi connectivity index (χ3v) is 5.89. The first-order valence-electron chi connectivity index (χ1n) is 11.3. The number of amides is 2. The summed E-state index contributed by atoms with van der Waals surface area (Å²) < 4.78 is 6.00. The number of carbonyl (C=O) groups excluding carboxylic acids is 2. The highest BCUT2D eigenvalue weighted by Gasteiger charge is 2.24. The van der Waals surface area contributed by atoms with E-state index >= 15 is 0 Å². The summed E-state index contributed by atoms with van der Waals surface area (Å²) in [7, 11) is 1.59. The van der Waals surface area contributed by atoms with E-state index in [0.29, 0.717) is 11.6 Å². The summed E-state index contributed by atoms with van der Waals surface area (Å²) in [6.07, 6.45) is 3.80. The second-order valence-corrected chi connectivity index (χ2v) is 9.82. The van der Waals surface area contributed by atoms with Crippen LogP contribution in [0.2, 0.25) is 0 Å². The summed E-state index contributed by atoms with van der Waals surface area (Å²) >= 11 is 1.46. The van der Waals surface area contributed by atoms with Crippen LogP contribution in [0.25, 0.3) is 10.2 Å². The fourth-order valence-corrected chi connectivity index (χ4v) is 4.14. The molecule has 2 N–H and O–H groups in total. The molecule has 1 saturated heterocycles. The molecule has 182 valence electrons. The first kappa shape index (κ1) is 25.4. The molecule has 1 unspecified atom stereocenters. The fourth-order valence-electron chi connectivity index (χ4n) is 3.33. The average molecular weight is 485 g/mol. The zero-order chi connectivity index (χ0) is 24.7. The molecule has 34 heavy (non-hydrogen) atoms. The van der Waals surface area contributed by atoms with Crippen LogP contribution in [0.15, 0.2) is 35.8 Å². The van der Waals surface area contributed by atoms with Gasteiger partial charge in [0.05, 0.1) is 22.0 Å². The number of hydrogen-bond donors (Lipinski definition) is 2. The Morgan fingerprint density at radius 3 is 2.50 bits per heavy atom. The molecule has 1 aliphatic rings. The quantitative estimate of drug-likeness (QED) is 0.555. The van der Waals surface area contributed by atoms with Crippen LogP contribution in [0.4, 0.5) is 10.7 Å². The first-order chi connectivity index (χ1) is 16.2. The standard InChI is InChI=1S/C15H15N5OS.C9H17NO2/c1-9(10-5-3-4-7-17-10)18-15-19-11-6-8-22-13(11)12(20-15)14(21)16-2;1-9(2,3)12-8(11)10-6-4-5-7-10/h3-9H,1-2H3,(H,16,21)(H,18,19,20);4-7H2,1-3H3. The summed E-state index contributed by atoms with van der Waals surface area (Å²) in [6, 6.07) is 7.55. The number of thiophene rings is 1. The minimum Gasteiger partial charge on any atom is -0.444 e. The van der Waals surface area contributed by atoms with Crippen molar-refractivity contribution in [2.45, 2.75) is 52.2 Å². The number of nitrogens with one attached hydrogen (secondary N) is 2. The molecule has 4 heterocycles. The van der Waals surface area contributed by atoms with Gasteiger partial charge in [0.2, 0.25) is 5.95 Å². The van der Waals surface area contributed by atoms with Crippen LogP contribution >= 0.6 is 11.3 Å².